The molecule has 0 unspecified atom stereocenters. The molecule has 0 saturated heterocycles. The first-order chi connectivity index (χ1) is 10.9. The number of rotatable bonds is 4. The van der Waals surface area contributed by atoms with Gasteiger partial charge in [0.1, 0.15) is 0 Å². The lowest BCUT2D eigenvalue weighted by Crippen LogP contribution is -2.54. The minimum atomic E-state index is -1.08. The Labute approximate surface area is 138 Å². The molecule has 1 aliphatic heterocycles. The summed E-state index contributed by atoms with van der Waals surface area (Å²) in [5, 5.41) is 0.481. The lowest BCUT2D eigenvalue weighted by Gasteiger charge is -2.42. The van der Waals surface area contributed by atoms with Gasteiger partial charge >= 0.3 is 0 Å². The summed E-state index contributed by atoms with van der Waals surface area (Å²) >= 11 is 6.31. The van der Waals surface area contributed by atoms with Gasteiger partial charge in [0.15, 0.2) is 11.6 Å². The zero-order valence-electron chi connectivity index (χ0n) is 12.5. The van der Waals surface area contributed by atoms with Crippen molar-refractivity contribution in [3.63, 3.8) is 0 Å². The van der Waals surface area contributed by atoms with Gasteiger partial charge in [-0.3, -0.25) is 9.59 Å². The van der Waals surface area contributed by atoms with E-state index in [2.05, 4.69) is 4.99 Å². The highest BCUT2D eigenvalue weighted by atomic mass is 35.5. The minimum Gasteiger partial charge on any atom is -0.468 e. The van der Waals surface area contributed by atoms with E-state index in [1.807, 2.05) is 6.07 Å². The maximum absolute atomic E-state index is 12.8. The average molecular weight is 336 g/mol. The van der Waals surface area contributed by atoms with Crippen molar-refractivity contribution in [2.45, 2.75) is 43.4 Å². The highest BCUT2D eigenvalue weighted by molar-refractivity contribution is 6.32. The molecule has 0 radical (unpaired) electrons. The molecule has 1 saturated carbocycles. The fourth-order valence-electron chi connectivity index (χ4n) is 3.25. The molecule has 1 aromatic carbocycles. The highest BCUT2D eigenvalue weighted by Gasteiger charge is 2.52. The Bertz CT molecular complexity index is 691. The molecular formula is C16H18ClN3O3. The Morgan fingerprint density at radius 1 is 1.48 bits per heavy atom. The van der Waals surface area contributed by atoms with Crippen LogP contribution >= 0.6 is 11.6 Å². The van der Waals surface area contributed by atoms with Crippen LogP contribution in [0.4, 0.5) is 0 Å². The first-order valence-electron chi connectivity index (χ1n) is 7.53. The largest absolute Gasteiger partial charge is 0.468 e. The number of carbonyl (C=O) groups excluding carboxylic acids is 2. The van der Waals surface area contributed by atoms with E-state index in [0.717, 1.165) is 6.42 Å². The predicted molar refractivity (Wildman–Crippen MR) is 86.1 cm³/mol. The fourth-order valence-corrected chi connectivity index (χ4v) is 3.54. The van der Waals surface area contributed by atoms with Gasteiger partial charge in [0, 0.05) is 10.6 Å². The quantitative estimate of drug-likeness (QED) is 0.864. The van der Waals surface area contributed by atoms with Gasteiger partial charge in [-0.15, -0.1) is 0 Å². The molecule has 3 rings (SSSR count). The third kappa shape index (κ3) is 2.72. The molecule has 2 bridgehead atoms. The molecule has 1 aliphatic carbocycles. The summed E-state index contributed by atoms with van der Waals surface area (Å²) in [6.45, 7) is 0. The lowest BCUT2D eigenvalue weighted by atomic mass is 9.73. The topological polar surface area (TPSA) is 108 Å². The second-order valence-electron chi connectivity index (χ2n) is 5.93. The molecule has 1 amide bonds. The van der Waals surface area contributed by atoms with Crippen LogP contribution in [0.5, 0.6) is 0 Å². The molecule has 1 fully saturated rings. The van der Waals surface area contributed by atoms with Crippen molar-refractivity contribution < 1.29 is 14.3 Å². The molecule has 122 valence electrons. The van der Waals surface area contributed by atoms with E-state index in [-0.39, 0.29) is 18.1 Å². The van der Waals surface area contributed by atoms with Gasteiger partial charge in [-0.25, -0.2) is 4.99 Å². The Morgan fingerprint density at radius 3 is 2.91 bits per heavy atom. The number of benzene rings is 1. The molecule has 4 N–H and O–H groups in total. The third-order valence-corrected chi connectivity index (χ3v) is 4.66. The maximum Gasteiger partial charge on any atom is 0.219 e. The van der Waals surface area contributed by atoms with Gasteiger partial charge in [-0.1, -0.05) is 29.8 Å². The molecule has 6 nitrogen and oxygen atoms in total. The van der Waals surface area contributed by atoms with Crippen LogP contribution in [-0.2, 0) is 19.9 Å². The summed E-state index contributed by atoms with van der Waals surface area (Å²) in [4.78, 5) is 28.5. The number of ether oxygens (including phenoxy) is 1. The number of hydrogen-bond acceptors (Lipinski definition) is 5. The summed E-state index contributed by atoms with van der Waals surface area (Å²) < 4.78 is 5.64. The lowest BCUT2D eigenvalue weighted by molar-refractivity contribution is -0.137. The molecule has 3 atom stereocenters. The summed E-state index contributed by atoms with van der Waals surface area (Å²) in [6.07, 6.45) is 1.25. The summed E-state index contributed by atoms with van der Waals surface area (Å²) in [6, 6.07) is 6.39. The average Bonchev–Trinajstić information content (AvgIpc) is 2.47. The first kappa shape index (κ1) is 16.0. The second-order valence-corrected chi connectivity index (χ2v) is 6.34. The van der Waals surface area contributed by atoms with Gasteiger partial charge in [0.25, 0.3) is 0 Å². The van der Waals surface area contributed by atoms with E-state index in [1.165, 1.54) is 0 Å². The molecule has 0 spiro atoms. The van der Waals surface area contributed by atoms with Crippen LogP contribution in [-0.4, -0.2) is 29.7 Å². The van der Waals surface area contributed by atoms with Crippen molar-refractivity contribution in [3.8, 4) is 0 Å². The number of fused-ring (bicyclic) bond motifs is 2. The Balaban J connectivity index is 2.09. The molecule has 7 heteroatoms. The van der Waals surface area contributed by atoms with Crippen LogP contribution in [0.3, 0.4) is 0 Å². The summed E-state index contributed by atoms with van der Waals surface area (Å²) in [5.41, 5.74) is 10.7. The van der Waals surface area contributed by atoms with E-state index < -0.39 is 23.6 Å². The summed E-state index contributed by atoms with van der Waals surface area (Å²) in [7, 11) is 0. The predicted octanol–water partition coefficient (Wildman–Crippen LogP) is 1.29. The van der Waals surface area contributed by atoms with Gasteiger partial charge in [-0.05, 0) is 25.3 Å². The fraction of sp³-hybridized carbons (Fsp3) is 0.438. The molecular weight excluding hydrogens is 318 g/mol. The van der Waals surface area contributed by atoms with Crippen molar-refractivity contribution >= 4 is 29.2 Å². The molecule has 1 aromatic rings. The maximum atomic E-state index is 12.8. The molecule has 1 heterocycles. The highest BCUT2D eigenvalue weighted by Crippen LogP contribution is 2.44. The molecule has 0 aromatic heterocycles. The molecule has 2 aliphatic rings. The third-order valence-electron chi connectivity index (χ3n) is 4.33. The van der Waals surface area contributed by atoms with Gasteiger partial charge in [-0.2, -0.15) is 0 Å². The van der Waals surface area contributed by atoms with Crippen LogP contribution in [0.25, 0.3) is 0 Å². The van der Waals surface area contributed by atoms with Gasteiger partial charge in [0.05, 0.1) is 12.5 Å². The number of Topliss-reactive ketones (excluding diaryl/α,β-unsaturated/α-hetero) is 1. The van der Waals surface area contributed by atoms with Crippen LogP contribution in [0.2, 0.25) is 5.02 Å². The monoisotopic (exact) mass is 335 g/mol. The Hall–Kier alpha value is -1.92. The normalized spacial score (nSPS) is 27.8. The van der Waals surface area contributed by atoms with Crippen LogP contribution in [0, 0.1) is 0 Å². The number of halogens is 1. The van der Waals surface area contributed by atoms with E-state index in [4.69, 9.17) is 27.8 Å². The number of ketones is 1. The Kier molecular flexibility index (Phi) is 4.12. The van der Waals surface area contributed by atoms with Crippen LogP contribution < -0.4 is 11.5 Å². The number of aliphatic imine (C=N–C) groups is 1. The van der Waals surface area contributed by atoms with E-state index >= 15 is 0 Å². The zero-order chi connectivity index (χ0) is 16.6. The van der Waals surface area contributed by atoms with Crippen molar-refractivity contribution in [2.75, 3.05) is 0 Å². The summed E-state index contributed by atoms with van der Waals surface area (Å²) in [5.74, 6) is -0.447. The van der Waals surface area contributed by atoms with Crippen molar-refractivity contribution in [2.24, 2.45) is 16.5 Å². The standard InChI is InChI=1S/C16H18ClN3O3/c17-10-5-2-1-4-9(10)16-7-3-6-12(14(16)22)23-15(20-16)11(18)8-13(19)21/h1-2,4-5,11-12H,3,6-8,18H2,(H2,19,21)/t11-,12+,16+/m0/s1. The number of amides is 1. The number of carbonyl (C=O) groups is 2. The van der Waals surface area contributed by atoms with Gasteiger partial charge < -0.3 is 16.2 Å². The van der Waals surface area contributed by atoms with Crippen molar-refractivity contribution in [1.82, 2.24) is 0 Å². The Morgan fingerprint density at radius 2 is 2.22 bits per heavy atom. The number of primary amides is 1. The second kappa shape index (κ2) is 5.94. The first-order valence-corrected chi connectivity index (χ1v) is 7.91. The van der Waals surface area contributed by atoms with E-state index in [1.54, 1.807) is 18.2 Å². The zero-order valence-corrected chi connectivity index (χ0v) is 13.3. The smallest absolute Gasteiger partial charge is 0.219 e. The van der Waals surface area contributed by atoms with Crippen molar-refractivity contribution in [3.05, 3.63) is 34.9 Å². The van der Waals surface area contributed by atoms with Crippen LogP contribution in [0.15, 0.2) is 29.3 Å². The van der Waals surface area contributed by atoms with Gasteiger partial charge in [0.2, 0.25) is 17.6 Å². The van der Waals surface area contributed by atoms with Crippen molar-refractivity contribution in [1.29, 1.82) is 0 Å². The van der Waals surface area contributed by atoms with E-state index in [0.29, 0.717) is 23.4 Å². The number of hydrogen-bond donors (Lipinski definition) is 2. The molecule has 23 heavy (non-hydrogen) atoms. The minimum absolute atomic E-state index is 0.0850. The number of nitrogens with two attached hydrogens (primary N) is 2. The van der Waals surface area contributed by atoms with Crippen LogP contribution in [0.1, 0.15) is 31.2 Å². The SMILES string of the molecule is NC(=O)C[C@H](N)C1=N[C@@]2(c3ccccc3Cl)CCC[C@@H](O1)C2=O. The number of nitrogens with zero attached hydrogens (tertiary/aromatic N) is 1. The van der Waals surface area contributed by atoms with E-state index in [9.17, 15) is 9.59 Å².